The summed E-state index contributed by atoms with van der Waals surface area (Å²) in [4.78, 5) is 13.8. The molecule has 6 heteroatoms. The lowest BCUT2D eigenvalue weighted by Gasteiger charge is -2.25. The number of likely N-dealkylation sites (tertiary alicyclic amines) is 1. The van der Waals surface area contributed by atoms with E-state index in [-0.39, 0.29) is 23.8 Å². The average Bonchev–Trinajstić information content (AvgIpc) is 3.05. The van der Waals surface area contributed by atoms with E-state index in [1.165, 1.54) is 0 Å². The molecule has 128 valence electrons. The fraction of sp³-hybridized carbons (Fsp3) is 0.588. The minimum absolute atomic E-state index is 0. The fourth-order valence-corrected chi connectivity index (χ4v) is 3.52. The van der Waals surface area contributed by atoms with Gasteiger partial charge in [-0.1, -0.05) is 13.0 Å². The molecular weight excluding hydrogens is 316 g/mol. The summed E-state index contributed by atoms with van der Waals surface area (Å²) < 4.78 is 5.07. The molecule has 0 bridgehead atoms. The summed E-state index contributed by atoms with van der Waals surface area (Å²) in [5, 5.41) is 10.6. The number of benzene rings is 1. The number of rotatable bonds is 4. The zero-order valence-corrected chi connectivity index (χ0v) is 14.5. The number of halogens is 1. The summed E-state index contributed by atoms with van der Waals surface area (Å²) in [5.41, 5.74) is 9.39. The third-order valence-electron chi connectivity index (χ3n) is 5.13. The molecule has 1 saturated heterocycles. The van der Waals surface area contributed by atoms with E-state index < -0.39 is 6.10 Å². The molecule has 0 saturated carbocycles. The van der Waals surface area contributed by atoms with Crippen molar-refractivity contribution in [2.45, 2.75) is 33.0 Å². The van der Waals surface area contributed by atoms with E-state index in [0.29, 0.717) is 25.3 Å². The Bertz CT molecular complexity index is 608. The second kappa shape index (κ2) is 6.77. The highest BCUT2D eigenvalue weighted by molar-refractivity contribution is 5.93. The number of aliphatic hydroxyl groups excluding tert-OH is 1. The van der Waals surface area contributed by atoms with Crippen LogP contribution in [0.1, 0.15) is 46.5 Å². The normalized spacial score (nSPS) is 25.0. The first-order valence-electron chi connectivity index (χ1n) is 7.83. The lowest BCUT2D eigenvalue weighted by Crippen LogP contribution is -2.33. The molecule has 1 aromatic carbocycles. The van der Waals surface area contributed by atoms with Crippen LogP contribution < -0.4 is 5.73 Å². The summed E-state index contributed by atoms with van der Waals surface area (Å²) in [5.74, 6) is -0.266. The Hall–Kier alpha value is -1.14. The molecule has 23 heavy (non-hydrogen) atoms. The average molecular weight is 341 g/mol. The van der Waals surface area contributed by atoms with E-state index in [2.05, 4.69) is 11.8 Å². The Labute approximate surface area is 143 Å². The Morgan fingerprint density at radius 1 is 1.48 bits per heavy atom. The van der Waals surface area contributed by atoms with Crippen LogP contribution in [-0.2, 0) is 11.3 Å². The number of hydrogen-bond donors (Lipinski definition) is 2. The lowest BCUT2D eigenvalue weighted by molar-refractivity contribution is 0.0535. The molecule has 0 amide bonds. The summed E-state index contributed by atoms with van der Waals surface area (Å²) in [6.45, 7) is 7.63. The van der Waals surface area contributed by atoms with E-state index >= 15 is 0 Å². The van der Waals surface area contributed by atoms with E-state index in [1.807, 2.05) is 13.0 Å². The van der Waals surface area contributed by atoms with Gasteiger partial charge in [0.05, 0.1) is 11.7 Å². The number of carbonyl (C=O) groups excluding carboxylic acids is 1. The SMILES string of the molecule is Cc1c(C(O)CN2CC[C@](C)(CN)C2)ccc2c1COC2=O.Cl. The molecule has 0 aliphatic carbocycles. The van der Waals surface area contributed by atoms with Gasteiger partial charge in [0, 0.05) is 18.7 Å². The van der Waals surface area contributed by atoms with Gasteiger partial charge in [0.15, 0.2) is 0 Å². The highest BCUT2D eigenvalue weighted by Crippen LogP contribution is 2.32. The number of carbonyl (C=O) groups is 1. The van der Waals surface area contributed by atoms with Crippen LogP contribution in [-0.4, -0.2) is 42.2 Å². The van der Waals surface area contributed by atoms with Crippen LogP contribution in [0.2, 0.25) is 0 Å². The van der Waals surface area contributed by atoms with Crippen LogP contribution in [0.25, 0.3) is 0 Å². The molecule has 3 rings (SSSR count). The quantitative estimate of drug-likeness (QED) is 0.817. The molecule has 2 atom stereocenters. The Morgan fingerprint density at radius 3 is 2.87 bits per heavy atom. The van der Waals surface area contributed by atoms with Crippen molar-refractivity contribution in [3.8, 4) is 0 Å². The van der Waals surface area contributed by atoms with Gasteiger partial charge in [-0.2, -0.15) is 0 Å². The Morgan fingerprint density at radius 2 is 2.22 bits per heavy atom. The number of nitrogens with zero attached hydrogens (tertiary/aromatic N) is 1. The third-order valence-corrected chi connectivity index (χ3v) is 5.13. The van der Waals surface area contributed by atoms with E-state index in [4.69, 9.17) is 10.5 Å². The van der Waals surface area contributed by atoms with Crippen molar-refractivity contribution < 1.29 is 14.6 Å². The Kier molecular flexibility index (Phi) is 5.36. The minimum Gasteiger partial charge on any atom is -0.457 e. The Balaban J connectivity index is 0.00000192. The zero-order chi connectivity index (χ0) is 15.9. The summed E-state index contributed by atoms with van der Waals surface area (Å²) >= 11 is 0. The number of fused-ring (bicyclic) bond motifs is 1. The maximum atomic E-state index is 11.6. The van der Waals surface area contributed by atoms with Crippen LogP contribution >= 0.6 is 12.4 Å². The number of hydrogen-bond acceptors (Lipinski definition) is 5. The fourth-order valence-electron chi connectivity index (χ4n) is 3.52. The van der Waals surface area contributed by atoms with Crippen LogP contribution in [0.5, 0.6) is 0 Å². The molecule has 2 heterocycles. The predicted octanol–water partition coefficient (Wildman–Crippen LogP) is 1.79. The van der Waals surface area contributed by atoms with Gasteiger partial charge in [0.25, 0.3) is 0 Å². The van der Waals surface area contributed by atoms with Crippen molar-refractivity contribution in [2.75, 3.05) is 26.2 Å². The summed E-state index contributed by atoms with van der Waals surface area (Å²) in [6, 6.07) is 3.62. The maximum Gasteiger partial charge on any atom is 0.338 e. The number of esters is 1. The molecule has 0 spiro atoms. The smallest absolute Gasteiger partial charge is 0.338 e. The van der Waals surface area contributed by atoms with Crippen molar-refractivity contribution in [3.63, 3.8) is 0 Å². The topological polar surface area (TPSA) is 75.8 Å². The predicted molar refractivity (Wildman–Crippen MR) is 90.7 cm³/mol. The molecule has 3 N–H and O–H groups in total. The standard InChI is InChI=1S/C17H24N2O3.ClH/c1-11-12(3-4-13-14(11)8-22-16(13)21)15(20)7-19-6-5-17(2,9-18)10-19;/h3-4,15,20H,5-10,18H2,1-2H3;1H/t15?,17-;/m1./s1. The van der Waals surface area contributed by atoms with Gasteiger partial charge >= 0.3 is 5.97 Å². The molecule has 2 aliphatic rings. The highest BCUT2D eigenvalue weighted by Gasteiger charge is 2.34. The molecule has 0 radical (unpaired) electrons. The number of cyclic esters (lactones) is 1. The van der Waals surface area contributed by atoms with Gasteiger partial charge in [0.1, 0.15) is 6.61 Å². The van der Waals surface area contributed by atoms with Crippen molar-refractivity contribution in [1.82, 2.24) is 4.90 Å². The van der Waals surface area contributed by atoms with Gasteiger partial charge in [0.2, 0.25) is 0 Å². The lowest BCUT2D eigenvalue weighted by atomic mass is 9.90. The monoisotopic (exact) mass is 340 g/mol. The van der Waals surface area contributed by atoms with Crippen molar-refractivity contribution in [2.24, 2.45) is 11.1 Å². The summed E-state index contributed by atoms with van der Waals surface area (Å²) in [6.07, 6.45) is 0.517. The molecule has 1 fully saturated rings. The van der Waals surface area contributed by atoms with E-state index in [0.717, 1.165) is 36.2 Å². The van der Waals surface area contributed by atoms with Crippen molar-refractivity contribution in [1.29, 1.82) is 0 Å². The first-order chi connectivity index (χ1) is 10.4. The van der Waals surface area contributed by atoms with Gasteiger partial charge in [-0.15, -0.1) is 12.4 Å². The van der Waals surface area contributed by atoms with Crippen molar-refractivity contribution >= 4 is 18.4 Å². The highest BCUT2D eigenvalue weighted by atomic mass is 35.5. The maximum absolute atomic E-state index is 11.6. The van der Waals surface area contributed by atoms with E-state index in [9.17, 15) is 9.90 Å². The van der Waals surface area contributed by atoms with Crippen LogP contribution in [0.3, 0.4) is 0 Å². The minimum atomic E-state index is -0.555. The second-order valence-corrected chi connectivity index (χ2v) is 6.90. The molecule has 1 unspecified atom stereocenters. The van der Waals surface area contributed by atoms with Gasteiger partial charge < -0.3 is 15.6 Å². The first-order valence-corrected chi connectivity index (χ1v) is 7.83. The van der Waals surface area contributed by atoms with Gasteiger partial charge in [-0.25, -0.2) is 4.79 Å². The number of aliphatic hydroxyl groups is 1. The molecular formula is C17H25ClN2O3. The number of nitrogens with two attached hydrogens (primary N) is 1. The van der Waals surface area contributed by atoms with Crippen LogP contribution in [0.4, 0.5) is 0 Å². The van der Waals surface area contributed by atoms with Crippen LogP contribution in [0, 0.1) is 12.3 Å². The molecule has 1 aromatic rings. The van der Waals surface area contributed by atoms with Crippen LogP contribution in [0.15, 0.2) is 12.1 Å². The molecule has 2 aliphatic heterocycles. The first kappa shape index (κ1) is 18.2. The largest absolute Gasteiger partial charge is 0.457 e. The van der Waals surface area contributed by atoms with Gasteiger partial charge in [-0.05, 0) is 49.0 Å². The third kappa shape index (κ3) is 3.38. The summed E-state index contributed by atoms with van der Waals surface area (Å²) in [7, 11) is 0. The number of ether oxygens (including phenoxy) is 1. The van der Waals surface area contributed by atoms with E-state index in [1.54, 1.807) is 6.07 Å². The van der Waals surface area contributed by atoms with Crippen molar-refractivity contribution in [3.05, 3.63) is 34.4 Å². The van der Waals surface area contributed by atoms with Gasteiger partial charge in [-0.3, -0.25) is 4.90 Å². The molecule has 0 aromatic heterocycles. The zero-order valence-electron chi connectivity index (χ0n) is 13.7. The molecule has 5 nitrogen and oxygen atoms in total. The second-order valence-electron chi connectivity index (χ2n) is 6.90. The number of β-amino-alcohol motifs (C(OH)–C–C–N with tert-alkyl or cyclic N) is 1.